The molecule has 0 heterocycles. The Labute approximate surface area is 131 Å². The van der Waals surface area contributed by atoms with Crippen molar-refractivity contribution < 1.29 is 14.6 Å². The van der Waals surface area contributed by atoms with Crippen LogP contribution < -0.4 is 0 Å². The third-order valence-electron chi connectivity index (χ3n) is 5.24. The second-order valence-electron chi connectivity index (χ2n) is 8.47. The molecule has 126 valence electrons. The molecule has 1 fully saturated rings. The van der Waals surface area contributed by atoms with Crippen molar-refractivity contribution in [2.24, 2.45) is 16.7 Å². The van der Waals surface area contributed by atoms with E-state index < -0.39 is 6.29 Å². The lowest BCUT2D eigenvalue weighted by molar-refractivity contribution is -0.298. The van der Waals surface area contributed by atoms with E-state index in [1.54, 1.807) is 0 Å². The molecule has 0 aromatic heterocycles. The Bertz CT molecular complexity index is 298. The molecule has 0 spiro atoms. The van der Waals surface area contributed by atoms with Crippen molar-refractivity contribution in [2.75, 3.05) is 0 Å². The van der Waals surface area contributed by atoms with E-state index in [0.29, 0.717) is 0 Å². The van der Waals surface area contributed by atoms with Crippen LogP contribution >= 0.6 is 0 Å². The SMILES string of the molecule is CC(C)C(OC1CCCCC1)OC(O)C(C)(C)C(C)(C)C. The van der Waals surface area contributed by atoms with Crippen molar-refractivity contribution in [3.63, 3.8) is 0 Å². The smallest absolute Gasteiger partial charge is 0.163 e. The number of ether oxygens (including phenoxy) is 2. The van der Waals surface area contributed by atoms with Gasteiger partial charge in [0.2, 0.25) is 0 Å². The van der Waals surface area contributed by atoms with E-state index in [-0.39, 0.29) is 29.1 Å². The summed E-state index contributed by atoms with van der Waals surface area (Å²) >= 11 is 0. The molecular formula is C18H36O3. The number of hydrogen-bond donors (Lipinski definition) is 1. The first-order chi connectivity index (χ1) is 9.55. The molecule has 21 heavy (non-hydrogen) atoms. The number of aliphatic hydroxyl groups is 1. The normalized spacial score (nSPS) is 21.6. The Kier molecular flexibility index (Phi) is 6.70. The quantitative estimate of drug-likeness (QED) is 0.721. The van der Waals surface area contributed by atoms with Gasteiger partial charge in [0.05, 0.1) is 6.10 Å². The Morgan fingerprint density at radius 2 is 1.48 bits per heavy atom. The Hall–Kier alpha value is -0.120. The highest BCUT2D eigenvalue weighted by molar-refractivity contribution is 4.85. The molecule has 2 unspecified atom stereocenters. The molecular weight excluding hydrogens is 264 g/mol. The fourth-order valence-electron chi connectivity index (χ4n) is 2.40. The molecule has 3 nitrogen and oxygen atoms in total. The molecule has 0 aromatic carbocycles. The van der Waals surface area contributed by atoms with Crippen molar-refractivity contribution >= 4 is 0 Å². The van der Waals surface area contributed by atoms with Gasteiger partial charge in [-0.2, -0.15) is 0 Å². The Balaban J connectivity index is 2.65. The van der Waals surface area contributed by atoms with Crippen molar-refractivity contribution in [3.05, 3.63) is 0 Å². The van der Waals surface area contributed by atoms with Crippen LogP contribution in [0.15, 0.2) is 0 Å². The van der Waals surface area contributed by atoms with Crippen LogP contribution in [0.4, 0.5) is 0 Å². The van der Waals surface area contributed by atoms with Gasteiger partial charge in [-0.25, -0.2) is 0 Å². The van der Waals surface area contributed by atoms with Gasteiger partial charge in [-0.3, -0.25) is 0 Å². The van der Waals surface area contributed by atoms with Crippen LogP contribution in [0.1, 0.15) is 80.6 Å². The van der Waals surface area contributed by atoms with Crippen LogP contribution in [-0.4, -0.2) is 23.8 Å². The Morgan fingerprint density at radius 3 is 1.90 bits per heavy atom. The average Bonchev–Trinajstić information content (AvgIpc) is 2.37. The third kappa shape index (κ3) is 5.22. The summed E-state index contributed by atoms with van der Waals surface area (Å²) in [5, 5.41) is 10.6. The zero-order valence-corrected chi connectivity index (χ0v) is 15.1. The van der Waals surface area contributed by atoms with Gasteiger partial charge in [0, 0.05) is 11.3 Å². The van der Waals surface area contributed by atoms with Crippen molar-refractivity contribution in [1.29, 1.82) is 0 Å². The molecule has 0 aliphatic heterocycles. The highest BCUT2D eigenvalue weighted by Crippen LogP contribution is 2.42. The number of aliphatic hydroxyl groups excluding tert-OH is 1. The summed E-state index contributed by atoms with van der Waals surface area (Å²) in [7, 11) is 0. The summed E-state index contributed by atoms with van der Waals surface area (Å²) in [6, 6.07) is 0. The molecule has 3 heteroatoms. The Morgan fingerprint density at radius 1 is 0.952 bits per heavy atom. The van der Waals surface area contributed by atoms with Crippen molar-refractivity contribution in [1.82, 2.24) is 0 Å². The van der Waals surface area contributed by atoms with Gasteiger partial charge >= 0.3 is 0 Å². The fourth-order valence-corrected chi connectivity index (χ4v) is 2.40. The highest BCUT2D eigenvalue weighted by Gasteiger charge is 2.41. The maximum Gasteiger partial charge on any atom is 0.163 e. The second kappa shape index (κ2) is 7.43. The maximum absolute atomic E-state index is 10.6. The summed E-state index contributed by atoms with van der Waals surface area (Å²) in [4.78, 5) is 0. The van der Waals surface area contributed by atoms with Gasteiger partial charge in [-0.1, -0.05) is 67.7 Å². The highest BCUT2D eigenvalue weighted by atomic mass is 16.7. The first kappa shape index (κ1) is 18.9. The standard InChI is InChI=1S/C18H36O3/c1-13(2)15(20-14-11-9-8-10-12-14)21-16(19)18(6,7)17(3,4)5/h13-16,19H,8-12H2,1-7H3. The van der Waals surface area contributed by atoms with Crippen LogP contribution in [-0.2, 0) is 9.47 Å². The molecule has 0 amide bonds. The van der Waals surface area contributed by atoms with E-state index in [9.17, 15) is 5.11 Å². The van der Waals surface area contributed by atoms with E-state index in [4.69, 9.17) is 9.47 Å². The van der Waals surface area contributed by atoms with E-state index in [1.807, 2.05) is 0 Å². The summed E-state index contributed by atoms with van der Waals surface area (Å²) in [5.41, 5.74) is -0.380. The van der Waals surface area contributed by atoms with Gasteiger partial charge in [0.15, 0.2) is 12.6 Å². The maximum atomic E-state index is 10.6. The second-order valence-corrected chi connectivity index (χ2v) is 8.47. The molecule has 1 N–H and O–H groups in total. The molecule has 1 aliphatic carbocycles. The fraction of sp³-hybridized carbons (Fsp3) is 1.00. The lowest BCUT2D eigenvalue weighted by atomic mass is 9.69. The molecule has 0 bridgehead atoms. The largest absolute Gasteiger partial charge is 0.367 e. The predicted molar refractivity (Wildman–Crippen MR) is 86.9 cm³/mol. The van der Waals surface area contributed by atoms with Gasteiger partial charge in [0.1, 0.15) is 0 Å². The minimum atomic E-state index is -0.825. The monoisotopic (exact) mass is 300 g/mol. The third-order valence-corrected chi connectivity index (χ3v) is 5.24. The number of hydrogen-bond acceptors (Lipinski definition) is 3. The lowest BCUT2D eigenvalue weighted by Gasteiger charge is -2.43. The van der Waals surface area contributed by atoms with E-state index in [0.717, 1.165) is 12.8 Å². The van der Waals surface area contributed by atoms with Gasteiger partial charge in [0.25, 0.3) is 0 Å². The van der Waals surface area contributed by atoms with Gasteiger partial charge in [-0.05, 0) is 18.3 Å². The zero-order chi connectivity index (χ0) is 16.3. The first-order valence-corrected chi connectivity index (χ1v) is 8.54. The summed E-state index contributed by atoms with van der Waals surface area (Å²) < 4.78 is 12.1. The first-order valence-electron chi connectivity index (χ1n) is 8.54. The van der Waals surface area contributed by atoms with Gasteiger partial charge < -0.3 is 14.6 Å². The van der Waals surface area contributed by atoms with Crippen LogP contribution in [0.2, 0.25) is 0 Å². The average molecular weight is 300 g/mol. The molecule has 2 atom stereocenters. The van der Waals surface area contributed by atoms with Crippen LogP contribution in [0.5, 0.6) is 0 Å². The summed E-state index contributed by atoms with van der Waals surface area (Å²) in [6.07, 6.45) is 5.16. The predicted octanol–water partition coefficient (Wildman–Crippen LogP) is 4.73. The molecule has 1 saturated carbocycles. The molecule has 0 aromatic rings. The van der Waals surface area contributed by atoms with Crippen molar-refractivity contribution in [3.8, 4) is 0 Å². The number of rotatable bonds is 6. The summed E-state index contributed by atoms with van der Waals surface area (Å²) in [6.45, 7) is 14.7. The molecule has 0 radical (unpaired) electrons. The van der Waals surface area contributed by atoms with Crippen molar-refractivity contribution in [2.45, 2.75) is 99.3 Å². The topological polar surface area (TPSA) is 38.7 Å². The van der Waals surface area contributed by atoms with Crippen LogP contribution in [0, 0.1) is 16.7 Å². The molecule has 0 saturated heterocycles. The minimum Gasteiger partial charge on any atom is -0.367 e. The molecule has 1 rings (SSSR count). The van der Waals surface area contributed by atoms with E-state index in [1.165, 1.54) is 19.3 Å². The lowest BCUT2D eigenvalue weighted by Crippen LogP contribution is -2.46. The van der Waals surface area contributed by atoms with E-state index >= 15 is 0 Å². The molecule has 1 aliphatic rings. The summed E-state index contributed by atoms with van der Waals surface area (Å²) in [5.74, 6) is 0.234. The zero-order valence-electron chi connectivity index (χ0n) is 15.1. The van der Waals surface area contributed by atoms with Gasteiger partial charge in [-0.15, -0.1) is 0 Å². The van der Waals surface area contributed by atoms with Crippen LogP contribution in [0.3, 0.4) is 0 Å². The van der Waals surface area contributed by atoms with Crippen LogP contribution in [0.25, 0.3) is 0 Å². The van der Waals surface area contributed by atoms with E-state index in [2.05, 4.69) is 48.5 Å². The minimum absolute atomic E-state index is 0.0429.